The fourth-order valence-electron chi connectivity index (χ4n) is 2.71. The SMILES string of the molecule is CSc1ccccc1C(=O)N1CC(O)CC1CN(C)C. The second kappa shape index (κ2) is 6.61. The van der Waals surface area contributed by atoms with Gasteiger partial charge in [0.15, 0.2) is 0 Å². The molecule has 1 heterocycles. The van der Waals surface area contributed by atoms with E-state index in [0.29, 0.717) is 13.0 Å². The van der Waals surface area contributed by atoms with Gasteiger partial charge < -0.3 is 14.9 Å². The molecular formula is C15H22N2O2S. The lowest BCUT2D eigenvalue weighted by atomic mass is 10.1. The molecule has 0 spiro atoms. The van der Waals surface area contributed by atoms with E-state index in [2.05, 4.69) is 4.90 Å². The van der Waals surface area contributed by atoms with E-state index in [9.17, 15) is 9.90 Å². The minimum Gasteiger partial charge on any atom is -0.391 e. The Morgan fingerprint density at radius 3 is 2.80 bits per heavy atom. The van der Waals surface area contributed by atoms with Crippen LogP contribution in [0, 0.1) is 0 Å². The summed E-state index contributed by atoms with van der Waals surface area (Å²) in [4.78, 5) is 17.6. The van der Waals surface area contributed by atoms with E-state index in [1.807, 2.05) is 49.5 Å². The molecular weight excluding hydrogens is 272 g/mol. The van der Waals surface area contributed by atoms with Crippen LogP contribution in [0.2, 0.25) is 0 Å². The number of carbonyl (C=O) groups excluding carboxylic acids is 1. The Morgan fingerprint density at radius 2 is 2.15 bits per heavy atom. The van der Waals surface area contributed by atoms with E-state index in [1.54, 1.807) is 11.8 Å². The largest absolute Gasteiger partial charge is 0.391 e. The average molecular weight is 294 g/mol. The van der Waals surface area contributed by atoms with Gasteiger partial charge in [-0.3, -0.25) is 4.79 Å². The van der Waals surface area contributed by atoms with E-state index in [1.165, 1.54) is 0 Å². The van der Waals surface area contributed by atoms with Crippen LogP contribution >= 0.6 is 11.8 Å². The molecule has 110 valence electrons. The summed E-state index contributed by atoms with van der Waals surface area (Å²) < 4.78 is 0. The number of carbonyl (C=O) groups is 1. The molecule has 0 bridgehead atoms. The number of aliphatic hydroxyl groups excluding tert-OH is 1. The molecule has 1 aromatic carbocycles. The first-order valence-electron chi connectivity index (χ1n) is 6.79. The van der Waals surface area contributed by atoms with Crippen molar-refractivity contribution in [2.75, 3.05) is 33.4 Å². The highest BCUT2D eigenvalue weighted by atomic mass is 32.2. The monoisotopic (exact) mass is 294 g/mol. The smallest absolute Gasteiger partial charge is 0.255 e. The number of β-amino-alcohol motifs (C(OH)–C–C–N with tert-alkyl or cyclic N) is 1. The Balaban J connectivity index is 2.22. The molecule has 1 aliphatic rings. The van der Waals surface area contributed by atoms with Gasteiger partial charge in [-0.2, -0.15) is 0 Å². The van der Waals surface area contributed by atoms with Gasteiger partial charge in [0.05, 0.1) is 11.7 Å². The zero-order valence-electron chi connectivity index (χ0n) is 12.2. The van der Waals surface area contributed by atoms with Gasteiger partial charge in [0.25, 0.3) is 5.91 Å². The van der Waals surface area contributed by atoms with Crippen molar-refractivity contribution >= 4 is 17.7 Å². The number of likely N-dealkylation sites (tertiary alicyclic amines) is 1. The van der Waals surface area contributed by atoms with Crippen molar-refractivity contribution in [2.45, 2.75) is 23.5 Å². The molecule has 1 saturated heterocycles. The van der Waals surface area contributed by atoms with E-state index in [-0.39, 0.29) is 11.9 Å². The lowest BCUT2D eigenvalue weighted by Crippen LogP contribution is -2.41. The first-order chi connectivity index (χ1) is 9.52. The topological polar surface area (TPSA) is 43.8 Å². The third-order valence-corrected chi connectivity index (χ3v) is 4.36. The van der Waals surface area contributed by atoms with Gasteiger partial charge in [0.2, 0.25) is 0 Å². The van der Waals surface area contributed by atoms with Crippen molar-refractivity contribution < 1.29 is 9.90 Å². The van der Waals surface area contributed by atoms with Crippen LogP contribution in [0.1, 0.15) is 16.8 Å². The first-order valence-corrected chi connectivity index (χ1v) is 8.02. The maximum absolute atomic E-state index is 12.7. The summed E-state index contributed by atoms with van der Waals surface area (Å²) in [6.07, 6.45) is 2.22. The molecule has 2 atom stereocenters. The van der Waals surface area contributed by atoms with Crippen LogP contribution in [-0.4, -0.2) is 66.4 Å². The summed E-state index contributed by atoms with van der Waals surface area (Å²) in [7, 11) is 3.98. The molecule has 20 heavy (non-hydrogen) atoms. The zero-order chi connectivity index (χ0) is 14.7. The fraction of sp³-hybridized carbons (Fsp3) is 0.533. The molecule has 2 rings (SSSR count). The average Bonchev–Trinajstić information content (AvgIpc) is 2.77. The van der Waals surface area contributed by atoms with E-state index < -0.39 is 6.10 Å². The number of rotatable bonds is 4. The maximum atomic E-state index is 12.7. The van der Waals surface area contributed by atoms with Crippen LogP contribution in [0.3, 0.4) is 0 Å². The lowest BCUT2D eigenvalue weighted by molar-refractivity contribution is 0.0695. The molecule has 1 aliphatic heterocycles. The maximum Gasteiger partial charge on any atom is 0.255 e. The molecule has 1 aromatic rings. The summed E-state index contributed by atoms with van der Waals surface area (Å²) in [6.45, 7) is 1.21. The summed E-state index contributed by atoms with van der Waals surface area (Å²) in [5.74, 6) is 0.0263. The lowest BCUT2D eigenvalue weighted by Gasteiger charge is -2.27. The van der Waals surface area contributed by atoms with Gasteiger partial charge in [-0.1, -0.05) is 12.1 Å². The number of benzene rings is 1. The van der Waals surface area contributed by atoms with Gasteiger partial charge in [-0.15, -0.1) is 11.8 Å². The van der Waals surface area contributed by atoms with E-state index in [0.717, 1.165) is 17.0 Å². The Bertz CT molecular complexity index is 479. The Morgan fingerprint density at radius 1 is 1.45 bits per heavy atom. The van der Waals surface area contributed by atoms with Crippen LogP contribution in [0.25, 0.3) is 0 Å². The Labute approximate surface area is 124 Å². The van der Waals surface area contributed by atoms with Gasteiger partial charge in [-0.25, -0.2) is 0 Å². The van der Waals surface area contributed by atoms with Crippen LogP contribution in [-0.2, 0) is 0 Å². The van der Waals surface area contributed by atoms with Crippen molar-refractivity contribution in [3.63, 3.8) is 0 Å². The molecule has 0 aliphatic carbocycles. The summed E-state index contributed by atoms with van der Waals surface area (Å²) >= 11 is 1.58. The number of amides is 1. The van der Waals surface area contributed by atoms with Crippen LogP contribution in [0.4, 0.5) is 0 Å². The molecule has 1 fully saturated rings. The predicted molar refractivity (Wildman–Crippen MR) is 82.2 cm³/mol. The number of nitrogens with zero attached hydrogens (tertiary/aromatic N) is 2. The first kappa shape index (κ1) is 15.4. The van der Waals surface area contributed by atoms with Crippen molar-refractivity contribution in [3.8, 4) is 0 Å². The van der Waals surface area contributed by atoms with Gasteiger partial charge in [0, 0.05) is 24.0 Å². The predicted octanol–water partition coefficient (Wildman–Crippen LogP) is 1.55. The van der Waals surface area contributed by atoms with Crippen LogP contribution in [0.15, 0.2) is 29.2 Å². The summed E-state index contributed by atoms with van der Waals surface area (Å²) in [5.41, 5.74) is 0.734. The van der Waals surface area contributed by atoms with Crippen molar-refractivity contribution in [3.05, 3.63) is 29.8 Å². The third kappa shape index (κ3) is 3.34. The summed E-state index contributed by atoms with van der Waals surface area (Å²) in [5, 5.41) is 9.89. The highest BCUT2D eigenvalue weighted by Gasteiger charge is 2.35. The fourth-order valence-corrected chi connectivity index (χ4v) is 3.30. The Hall–Kier alpha value is -1.04. The molecule has 1 amide bonds. The third-order valence-electron chi connectivity index (χ3n) is 3.57. The van der Waals surface area contributed by atoms with Crippen molar-refractivity contribution in [1.82, 2.24) is 9.80 Å². The minimum absolute atomic E-state index is 0.0263. The molecule has 0 aromatic heterocycles. The number of likely N-dealkylation sites (N-methyl/N-ethyl adjacent to an activating group) is 1. The van der Waals surface area contributed by atoms with Crippen molar-refractivity contribution in [1.29, 1.82) is 0 Å². The number of thioether (sulfide) groups is 1. The molecule has 2 unspecified atom stereocenters. The Kier molecular flexibility index (Phi) is 5.07. The standard InChI is InChI=1S/C15H22N2O2S/c1-16(2)9-11-8-12(18)10-17(11)15(19)13-6-4-5-7-14(13)20-3/h4-7,11-12,18H,8-10H2,1-3H3. The normalized spacial score (nSPS) is 22.6. The minimum atomic E-state index is -0.412. The second-order valence-corrected chi connectivity index (χ2v) is 6.31. The second-order valence-electron chi connectivity index (χ2n) is 5.46. The van der Waals surface area contributed by atoms with Gasteiger partial charge in [-0.05, 0) is 38.9 Å². The molecule has 1 N–H and O–H groups in total. The van der Waals surface area contributed by atoms with Crippen molar-refractivity contribution in [2.24, 2.45) is 0 Å². The summed E-state index contributed by atoms with van der Waals surface area (Å²) in [6, 6.07) is 7.75. The molecule has 5 heteroatoms. The quantitative estimate of drug-likeness (QED) is 0.856. The van der Waals surface area contributed by atoms with Crippen LogP contribution < -0.4 is 0 Å². The number of hydrogen-bond donors (Lipinski definition) is 1. The van der Waals surface area contributed by atoms with Crippen LogP contribution in [0.5, 0.6) is 0 Å². The highest BCUT2D eigenvalue weighted by Crippen LogP contribution is 2.26. The van der Waals surface area contributed by atoms with E-state index in [4.69, 9.17) is 0 Å². The number of hydrogen-bond acceptors (Lipinski definition) is 4. The molecule has 0 saturated carbocycles. The van der Waals surface area contributed by atoms with Gasteiger partial charge in [0.1, 0.15) is 0 Å². The molecule has 4 nitrogen and oxygen atoms in total. The zero-order valence-corrected chi connectivity index (χ0v) is 13.1. The number of aliphatic hydroxyl groups is 1. The highest BCUT2D eigenvalue weighted by molar-refractivity contribution is 7.98. The van der Waals surface area contributed by atoms with Gasteiger partial charge >= 0.3 is 0 Å². The molecule has 0 radical (unpaired) electrons. The van der Waals surface area contributed by atoms with E-state index >= 15 is 0 Å².